The molecule has 0 amide bonds. The lowest BCUT2D eigenvalue weighted by Crippen LogP contribution is -2.14. The lowest BCUT2D eigenvalue weighted by atomic mass is 10.1. The Bertz CT molecular complexity index is 582. The Morgan fingerprint density at radius 3 is 2.50 bits per heavy atom. The quantitative estimate of drug-likeness (QED) is 0.890. The van der Waals surface area contributed by atoms with Gasteiger partial charge in [0.15, 0.2) is 5.82 Å². The summed E-state index contributed by atoms with van der Waals surface area (Å²) in [4.78, 5) is 4.34. The molecule has 0 aliphatic carbocycles. The van der Waals surface area contributed by atoms with Crippen LogP contribution in [0.4, 0.5) is 13.2 Å². The van der Waals surface area contributed by atoms with Crippen molar-refractivity contribution in [1.82, 2.24) is 20.5 Å². The highest BCUT2D eigenvalue weighted by atomic mass is 19.4. The molecule has 0 spiro atoms. The number of hydrogen-bond acceptors (Lipinski definition) is 3. The van der Waals surface area contributed by atoms with Gasteiger partial charge < -0.3 is 5.32 Å². The molecule has 1 aliphatic rings. The fourth-order valence-corrected chi connectivity index (χ4v) is 2.29. The second-order valence-electron chi connectivity index (χ2n) is 4.77. The van der Waals surface area contributed by atoms with Crippen LogP contribution in [0.2, 0.25) is 0 Å². The maximum absolute atomic E-state index is 12.5. The van der Waals surface area contributed by atoms with E-state index in [1.807, 2.05) is 0 Å². The van der Waals surface area contributed by atoms with Crippen LogP contribution in [0.1, 0.15) is 30.3 Å². The maximum atomic E-state index is 12.5. The molecular formula is C13H13F3N4. The maximum Gasteiger partial charge on any atom is 0.416 e. The van der Waals surface area contributed by atoms with Crippen LogP contribution in [0.15, 0.2) is 24.3 Å². The summed E-state index contributed by atoms with van der Waals surface area (Å²) in [5.74, 6) is 1.15. The van der Waals surface area contributed by atoms with E-state index in [1.54, 1.807) is 0 Å². The standard InChI is InChI=1S/C13H13F3N4/c14-13(15,16)9-5-3-8(4-6-9)11-18-12(20-19-11)10-2-1-7-17-10/h3-6,10,17H,1-2,7H2,(H,18,19,20). The van der Waals surface area contributed by atoms with E-state index in [0.717, 1.165) is 37.3 Å². The highest BCUT2D eigenvalue weighted by Crippen LogP contribution is 2.30. The average molecular weight is 282 g/mol. The van der Waals surface area contributed by atoms with Gasteiger partial charge in [-0.1, -0.05) is 12.1 Å². The monoisotopic (exact) mass is 282 g/mol. The molecule has 0 radical (unpaired) electrons. The van der Waals surface area contributed by atoms with Crippen molar-refractivity contribution < 1.29 is 13.2 Å². The zero-order valence-corrected chi connectivity index (χ0v) is 10.5. The van der Waals surface area contributed by atoms with Gasteiger partial charge in [-0.05, 0) is 31.5 Å². The lowest BCUT2D eigenvalue weighted by Gasteiger charge is -2.06. The molecular weight excluding hydrogens is 269 g/mol. The summed E-state index contributed by atoms with van der Waals surface area (Å²) in [5, 5.41) is 10.2. The van der Waals surface area contributed by atoms with E-state index in [4.69, 9.17) is 0 Å². The highest BCUT2D eigenvalue weighted by Gasteiger charge is 2.30. The Labute approximate surface area is 113 Å². The number of halogens is 3. The summed E-state index contributed by atoms with van der Waals surface area (Å²) in [6.45, 7) is 0.945. The summed E-state index contributed by atoms with van der Waals surface area (Å²) in [6.07, 6.45) is -2.25. The second-order valence-corrected chi connectivity index (χ2v) is 4.77. The number of alkyl halides is 3. The van der Waals surface area contributed by atoms with E-state index < -0.39 is 11.7 Å². The topological polar surface area (TPSA) is 53.6 Å². The molecule has 1 unspecified atom stereocenters. The summed E-state index contributed by atoms with van der Waals surface area (Å²) in [7, 11) is 0. The lowest BCUT2D eigenvalue weighted by molar-refractivity contribution is -0.137. The van der Waals surface area contributed by atoms with E-state index in [1.165, 1.54) is 12.1 Å². The minimum absolute atomic E-state index is 0.158. The van der Waals surface area contributed by atoms with Crippen LogP contribution in [-0.4, -0.2) is 21.7 Å². The highest BCUT2D eigenvalue weighted by molar-refractivity contribution is 5.55. The van der Waals surface area contributed by atoms with Gasteiger partial charge in [0.1, 0.15) is 5.82 Å². The van der Waals surface area contributed by atoms with Gasteiger partial charge in [0.25, 0.3) is 0 Å². The average Bonchev–Trinajstić information content (AvgIpc) is 3.09. The third kappa shape index (κ3) is 2.53. The molecule has 1 saturated heterocycles. The van der Waals surface area contributed by atoms with Crippen LogP contribution in [-0.2, 0) is 6.18 Å². The van der Waals surface area contributed by atoms with Gasteiger partial charge in [0.2, 0.25) is 0 Å². The van der Waals surface area contributed by atoms with Gasteiger partial charge in [0, 0.05) is 5.56 Å². The van der Waals surface area contributed by atoms with Gasteiger partial charge >= 0.3 is 6.18 Å². The van der Waals surface area contributed by atoms with E-state index in [0.29, 0.717) is 11.4 Å². The van der Waals surface area contributed by atoms with Crippen molar-refractivity contribution in [2.45, 2.75) is 25.1 Å². The van der Waals surface area contributed by atoms with Crippen molar-refractivity contribution in [1.29, 1.82) is 0 Å². The fourth-order valence-electron chi connectivity index (χ4n) is 2.29. The number of nitrogens with zero attached hydrogens (tertiary/aromatic N) is 2. The smallest absolute Gasteiger partial charge is 0.307 e. The van der Waals surface area contributed by atoms with Crippen molar-refractivity contribution in [2.75, 3.05) is 6.54 Å². The molecule has 1 aliphatic heterocycles. The molecule has 4 nitrogen and oxygen atoms in total. The Balaban J connectivity index is 1.82. The van der Waals surface area contributed by atoms with Gasteiger partial charge in [0.05, 0.1) is 11.6 Å². The van der Waals surface area contributed by atoms with Gasteiger partial charge in [-0.2, -0.15) is 18.3 Å². The van der Waals surface area contributed by atoms with Crippen LogP contribution in [0.3, 0.4) is 0 Å². The molecule has 2 heterocycles. The molecule has 106 valence electrons. The van der Waals surface area contributed by atoms with Crippen LogP contribution < -0.4 is 5.32 Å². The van der Waals surface area contributed by atoms with Gasteiger partial charge in [-0.3, -0.25) is 5.10 Å². The Hall–Kier alpha value is -1.89. The summed E-state index contributed by atoms with van der Waals surface area (Å²) >= 11 is 0. The fraction of sp³-hybridized carbons (Fsp3) is 0.385. The summed E-state index contributed by atoms with van der Waals surface area (Å²) in [6, 6.07) is 5.01. The van der Waals surface area contributed by atoms with Crippen molar-refractivity contribution in [3.05, 3.63) is 35.7 Å². The van der Waals surface area contributed by atoms with Crippen molar-refractivity contribution in [2.24, 2.45) is 0 Å². The minimum atomic E-state index is -4.32. The number of nitrogens with one attached hydrogen (secondary N) is 2. The van der Waals surface area contributed by atoms with Crippen LogP contribution in [0.25, 0.3) is 11.4 Å². The molecule has 2 aromatic rings. The van der Waals surface area contributed by atoms with Crippen LogP contribution >= 0.6 is 0 Å². The molecule has 1 fully saturated rings. The van der Waals surface area contributed by atoms with E-state index in [9.17, 15) is 13.2 Å². The first-order valence-electron chi connectivity index (χ1n) is 6.37. The van der Waals surface area contributed by atoms with E-state index >= 15 is 0 Å². The number of hydrogen-bond donors (Lipinski definition) is 2. The number of rotatable bonds is 2. The zero-order valence-electron chi connectivity index (χ0n) is 10.5. The molecule has 20 heavy (non-hydrogen) atoms. The molecule has 0 saturated carbocycles. The molecule has 2 N–H and O–H groups in total. The molecule has 1 aromatic carbocycles. The van der Waals surface area contributed by atoms with Gasteiger partial charge in [-0.15, -0.1) is 0 Å². The third-order valence-electron chi connectivity index (χ3n) is 3.36. The number of aromatic amines is 1. The SMILES string of the molecule is FC(F)(F)c1ccc(-c2n[nH]c(C3CCCN3)n2)cc1. The second kappa shape index (κ2) is 4.90. The Kier molecular flexibility index (Phi) is 3.21. The van der Waals surface area contributed by atoms with E-state index in [2.05, 4.69) is 20.5 Å². The van der Waals surface area contributed by atoms with Crippen LogP contribution in [0, 0.1) is 0 Å². The molecule has 7 heteroatoms. The van der Waals surface area contributed by atoms with Crippen LogP contribution in [0.5, 0.6) is 0 Å². The molecule has 0 bridgehead atoms. The number of aromatic nitrogens is 3. The first-order valence-corrected chi connectivity index (χ1v) is 6.37. The zero-order chi connectivity index (χ0) is 14.2. The number of benzene rings is 1. The normalized spacial score (nSPS) is 19.4. The molecule has 1 atom stereocenters. The minimum Gasteiger partial charge on any atom is -0.307 e. The van der Waals surface area contributed by atoms with Crippen molar-refractivity contribution in [3.63, 3.8) is 0 Å². The first kappa shape index (κ1) is 13.1. The van der Waals surface area contributed by atoms with Gasteiger partial charge in [-0.25, -0.2) is 4.98 Å². The summed E-state index contributed by atoms with van der Waals surface area (Å²) < 4.78 is 37.5. The molecule has 3 rings (SSSR count). The van der Waals surface area contributed by atoms with Crippen molar-refractivity contribution >= 4 is 0 Å². The number of H-pyrrole nitrogens is 1. The summed E-state index contributed by atoms with van der Waals surface area (Å²) in [5.41, 5.74) is -0.104. The third-order valence-corrected chi connectivity index (χ3v) is 3.36. The predicted molar refractivity (Wildman–Crippen MR) is 66.8 cm³/mol. The predicted octanol–water partition coefficient (Wildman–Crippen LogP) is 2.92. The Morgan fingerprint density at radius 1 is 1.15 bits per heavy atom. The first-order chi connectivity index (χ1) is 9.54. The molecule has 1 aromatic heterocycles. The largest absolute Gasteiger partial charge is 0.416 e. The van der Waals surface area contributed by atoms with E-state index in [-0.39, 0.29) is 6.04 Å². The Morgan fingerprint density at radius 2 is 1.90 bits per heavy atom. The van der Waals surface area contributed by atoms with Crippen molar-refractivity contribution in [3.8, 4) is 11.4 Å².